The summed E-state index contributed by atoms with van der Waals surface area (Å²) in [7, 11) is -3.93. The van der Waals surface area contributed by atoms with Crippen molar-refractivity contribution in [2.24, 2.45) is 0 Å². The molecule has 0 saturated heterocycles. The summed E-state index contributed by atoms with van der Waals surface area (Å²) in [6.45, 7) is 1.67. The summed E-state index contributed by atoms with van der Waals surface area (Å²) in [5, 5.41) is 12.3. The van der Waals surface area contributed by atoms with E-state index in [1.165, 1.54) is 27.8 Å². The van der Waals surface area contributed by atoms with Crippen LogP contribution in [0.25, 0.3) is 10.6 Å². The molecule has 0 bridgehead atoms. The van der Waals surface area contributed by atoms with E-state index in [4.69, 9.17) is 16.3 Å². The van der Waals surface area contributed by atoms with Crippen molar-refractivity contribution in [2.75, 3.05) is 16.2 Å². The van der Waals surface area contributed by atoms with Crippen molar-refractivity contribution < 1.29 is 17.9 Å². The second-order valence-electron chi connectivity index (χ2n) is 7.84. The van der Waals surface area contributed by atoms with Crippen molar-refractivity contribution in [3.63, 3.8) is 0 Å². The zero-order chi connectivity index (χ0) is 24.6. The van der Waals surface area contributed by atoms with Crippen molar-refractivity contribution in [1.29, 1.82) is 0 Å². The van der Waals surface area contributed by atoms with E-state index >= 15 is 0 Å². The molecule has 178 valence electrons. The third-order valence-corrected chi connectivity index (χ3v) is 8.29. The molecule has 11 heteroatoms. The highest BCUT2D eigenvalue weighted by atomic mass is 35.5. The van der Waals surface area contributed by atoms with Gasteiger partial charge >= 0.3 is 0 Å². The number of benzene rings is 3. The molecule has 35 heavy (non-hydrogen) atoms. The maximum Gasteiger partial charge on any atom is 0.269 e. The molecule has 3 aromatic carbocycles. The second kappa shape index (κ2) is 9.29. The van der Waals surface area contributed by atoms with Crippen molar-refractivity contribution in [1.82, 2.24) is 10.2 Å². The molecule has 4 aromatic rings. The Labute approximate surface area is 211 Å². The van der Waals surface area contributed by atoms with Gasteiger partial charge < -0.3 is 4.74 Å². The molecule has 5 rings (SSSR count). The Kier molecular flexibility index (Phi) is 6.18. The van der Waals surface area contributed by atoms with Gasteiger partial charge in [0.2, 0.25) is 5.13 Å². The van der Waals surface area contributed by atoms with E-state index in [1.807, 2.05) is 19.1 Å². The monoisotopic (exact) mass is 526 g/mol. The smallest absolute Gasteiger partial charge is 0.269 e. The third-order valence-electron chi connectivity index (χ3n) is 5.35. The average molecular weight is 527 g/mol. The topological polar surface area (TPSA) is 101 Å². The molecular formula is C24H19ClN4O4S2. The van der Waals surface area contributed by atoms with Crippen LogP contribution in [0.4, 0.5) is 10.8 Å². The number of aromatic nitrogens is 2. The number of aryl methyl sites for hydroxylation is 1. The molecule has 0 spiro atoms. The van der Waals surface area contributed by atoms with Crippen LogP contribution in [0.3, 0.4) is 0 Å². The van der Waals surface area contributed by atoms with E-state index in [-0.39, 0.29) is 16.6 Å². The molecule has 0 unspecified atom stereocenters. The van der Waals surface area contributed by atoms with Crippen LogP contribution in [-0.2, 0) is 14.8 Å². The van der Waals surface area contributed by atoms with Crippen LogP contribution >= 0.6 is 22.9 Å². The van der Waals surface area contributed by atoms with Crippen molar-refractivity contribution in [3.05, 3.63) is 83.4 Å². The highest BCUT2D eigenvalue weighted by molar-refractivity contribution is 7.92. The van der Waals surface area contributed by atoms with Crippen molar-refractivity contribution in [2.45, 2.75) is 17.9 Å². The number of hydrogen-bond donors (Lipinski definition) is 1. The number of rotatable bonds is 5. The molecule has 1 N–H and O–H groups in total. The van der Waals surface area contributed by atoms with E-state index in [9.17, 15) is 13.2 Å². The van der Waals surface area contributed by atoms with Crippen LogP contribution in [0.1, 0.15) is 5.56 Å². The molecule has 1 atom stereocenters. The highest BCUT2D eigenvalue weighted by Gasteiger charge is 2.38. The van der Waals surface area contributed by atoms with Crippen molar-refractivity contribution in [3.8, 4) is 16.3 Å². The van der Waals surface area contributed by atoms with Crippen molar-refractivity contribution >= 4 is 49.7 Å². The molecular weight excluding hydrogens is 508 g/mol. The molecule has 2 heterocycles. The highest BCUT2D eigenvalue weighted by Crippen LogP contribution is 2.38. The van der Waals surface area contributed by atoms with Crippen LogP contribution in [0.2, 0.25) is 5.02 Å². The second-order valence-corrected chi connectivity index (χ2v) is 11.1. The number of sulfonamides is 1. The van der Waals surface area contributed by atoms with E-state index < -0.39 is 22.0 Å². The number of anilines is 2. The number of carbonyl (C=O) groups is 1. The summed E-state index contributed by atoms with van der Waals surface area (Å²) in [5.74, 6) is -0.209. The molecule has 1 amide bonds. The van der Waals surface area contributed by atoms with Gasteiger partial charge in [0.25, 0.3) is 15.9 Å². The zero-order valence-corrected chi connectivity index (χ0v) is 20.8. The zero-order valence-electron chi connectivity index (χ0n) is 18.4. The maximum absolute atomic E-state index is 13.5. The first-order valence-corrected chi connectivity index (χ1v) is 13.2. The number of fused-ring (bicyclic) bond motifs is 1. The van der Waals surface area contributed by atoms with Crippen LogP contribution in [0, 0.1) is 6.92 Å². The molecule has 1 aliphatic rings. The van der Waals surface area contributed by atoms with E-state index in [1.54, 1.807) is 48.5 Å². The first-order valence-electron chi connectivity index (χ1n) is 10.6. The summed E-state index contributed by atoms with van der Waals surface area (Å²) in [4.78, 5) is 13.3. The summed E-state index contributed by atoms with van der Waals surface area (Å²) in [6.07, 6.45) is -1.09. The minimum Gasteiger partial charge on any atom is -0.476 e. The van der Waals surface area contributed by atoms with Crippen LogP contribution in [0.5, 0.6) is 5.75 Å². The van der Waals surface area contributed by atoms with Gasteiger partial charge in [0.1, 0.15) is 10.8 Å². The fraction of sp³-hybridized carbons (Fsp3) is 0.125. The minimum atomic E-state index is -3.93. The van der Waals surface area contributed by atoms with Gasteiger partial charge in [0.15, 0.2) is 6.10 Å². The molecule has 8 nitrogen and oxygen atoms in total. The van der Waals surface area contributed by atoms with E-state index in [2.05, 4.69) is 15.5 Å². The molecule has 0 radical (unpaired) electrons. The van der Waals surface area contributed by atoms with Gasteiger partial charge in [-0.05, 0) is 48.9 Å². The molecule has 0 aliphatic carbocycles. The van der Waals surface area contributed by atoms with E-state index in [0.717, 1.165) is 11.1 Å². The van der Waals surface area contributed by atoms with Gasteiger partial charge in [-0.2, -0.15) is 0 Å². The molecule has 1 aromatic heterocycles. The van der Waals surface area contributed by atoms with Gasteiger partial charge in [0, 0.05) is 10.6 Å². The lowest BCUT2D eigenvalue weighted by Gasteiger charge is -2.34. The van der Waals surface area contributed by atoms with Crippen LogP contribution in [0.15, 0.2) is 77.7 Å². The van der Waals surface area contributed by atoms with E-state index in [0.29, 0.717) is 21.5 Å². The number of carbonyl (C=O) groups excluding carboxylic acids is 1. The SMILES string of the molecule is Cc1ccc2c(c1)O[C@@H](C(=O)Nc1nnc(-c3ccc(Cl)cc3)s1)CN2S(=O)(=O)c1ccccc1. The Bertz CT molecular complexity index is 1490. The Morgan fingerprint density at radius 2 is 1.83 bits per heavy atom. The van der Waals surface area contributed by atoms with Gasteiger partial charge in [-0.15, -0.1) is 10.2 Å². The maximum atomic E-state index is 13.5. The molecule has 1 aliphatic heterocycles. The Morgan fingerprint density at radius 1 is 1.09 bits per heavy atom. The number of amides is 1. The quantitative estimate of drug-likeness (QED) is 0.402. The Hall–Kier alpha value is -3.47. The number of hydrogen-bond acceptors (Lipinski definition) is 7. The fourth-order valence-corrected chi connectivity index (χ4v) is 5.99. The molecule has 0 fully saturated rings. The first kappa shape index (κ1) is 23.3. The first-order chi connectivity index (χ1) is 16.8. The van der Waals surface area contributed by atoms with Gasteiger partial charge in [-0.3, -0.25) is 14.4 Å². The third kappa shape index (κ3) is 4.72. The lowest BCUT2D eigenvalue weighted by molar-refractivity contribution is -0.122. The average Bonchev–Trinajstić information content (AvgIpc) is 3.32. The minimum absolute atomic E-state index is 0.129. The number of halogens is 1. The lowest BCUT2D eigenvalue weighted by Crippen LogP contribution is -2.48. The fourth-order valence-electron chi connectivity index (χ4n) is 3.61. The largest absolute Gasteiger partial charge is 0.476 e. The molecule has 0 saturated carbocycles. The predicted octanol–water partition coefficient (Wildman–Crippen LogP) is 4.76. The Balaban J connectivity index is 1.41. The van der Waals surface area contributed by atoms with Crippen LogP contribution < -0.4 is 14.4 Å². The Morgan fingerprint density at radius 3 is 2.57 bits per heavy atom. The summed E-state index contributed by atoms with van der Waals surface area (Å²) < 4.78 is 34.1. The normalized spacial score (nSPS) is 15.3. The standard InChI is InChI=1S/C24H19ClN4O4S2/c1-15-7-12-19-20(13-15)33-21(14-29(19)35(31,32)18-5-3-2-4-6-18)22(30)26-24-28-27-23(34-24)16-8-10-17(25)11-9-16/h2-13,21H,14H2,1H3,(H,26,28,30)/t21-/m1/s1. The van der Waals surface area contributed by atoms with Crippen LogP contribution in [-0.4, -0.2) is 37.2 Å². The van der Waals surface area contributed by atoms with Gasteiger partial charge in [0.05, 0.1) is 17.1 Å². The lowest BCUT2D eigenvalue weighted by atomic mass is 10.1. The summed E-state index contributed by atoms with van der Waals surface area (Å²) >= 11 is 7.13. The summed E-state index contributed by atoms with van der Waals surface area (Å²) in [6, 6.07) is 20.4. The van der Waals surface area contributed by atoms with Gasteiger partial charge in [-0.1, -0.05) is 59.3 Å². The number of nitrogens with zero attached hydrogens (tertiary/aromatic N) is 3. The number of ether oxygens (including phenoxy) is 1. The predicted molar refractivity (Wildman–Crippen MR) is 136 cm³/mol. The summed E-state index contributed by atoms with van der Waals surface area (Å²) in [5.41, 5.74) is 2.06. The van der Waals surface area contributed by atoms with Gasteiger partial charge in [-0.25, -0.2) is 8.42 Å². The number of nitrogens with one attached hydrogen (secondary N) is 1.